The predicted octanol–water partition coefficient (Wildman–Crippen LogP) is 1.30. The fourth-order valence-corrected chi connectivity index (χ4v) is 4.24. The van der Waals surface area contributed by atoms with Gasteiger partial charge in [-0.3, -0.25) is 4.63 Å². The molecular formula is C20H17N3O9S. The number of aromatic nitrogens is 2. The maximum atomic E-state index is 12.8. The Labute approximate surface area is 186 Å². The standard InChI is InChI=1S/C20H17N3O9S/c1-28-16-10-12-9-14(21)20(24)31-15(12)11-17(16)29-7-8-30-18-19(23(25)32-22-18)33(26,27)13-5-3-2-4-6-13/h2-6,9-11H,7-8,21H2,1H3. The highest BCUT2D eigenvalue weighted by Gasteiger charge is 2.35. The molecule has 2 aromatic carbocycles. The van der Waals surface area contributed by atoms with Crippen LogP contribution in [0.4, 0.5) is 5.69 Å². The zero-order valence-corrected chi connectivity index (χ0v) is 17.9. The summed E-state index contributed by atoms with van der Waals surface area (Å²) in [5.74, 6) is 0.0593. The monoisotopic (exact) mass is 475 g/mol. The van der Waals surface area contributed by atoms with Gasteiger partial charge in [0.05, 0.1) is 17.2 Å². The van der Waals surface area contributed by atoms with Crippen molar-refractivity contribution in [3.63, 3.8) is 0 Å². The van der Waals surface area contributed by atoms with Crippen molar-refractivity contribution < 1.29 is 36.6 Å². The Morgan fingerprint density at radius 2 is 1.82 bits per heavy atom. The molecule has 2 aromatic heterocycles. The van der Waals surface area contributed by atoms with E-state index in [1.165, 1.54) is 43.5 Å². The van der Waals surface area contributed by atoms with Crippen LogP contribution in [0.3, 0.4) is 0 Å². The number of nitrogens with two attached hydrogens (primary N) is 1. The number of ether oxygens (including phenoxy) is 3. The van der Waals surface area contributed by atoms with Crippen LogP contribution in [0.1, 0.15) is 0 Å². The van der Waals surface area contributed by atoms with Crippen LogP contribution in [0.2, 0.25) is 0 Å². The van der Waals surface area contributed by atoms with Gasteiger partial charge in [-0.15, -0.1) is 0 Å². The maximum Gasteiger partial charge on any atom is 0.415 e. The second-order valence-electron chi connectivity index (χ2n) is 6.58. The lowest BCUT2D eigenvalue weighted by molar-refractivity contribution is -0.832. The zero-order chi connectivity index (χ0) is 23.6. The molecule has 13 heteroatoms. The summed E-state index contributed by atoms with van der Waals surface area (Å²) in [6.07, 6.45) is 0. The highest BCUT2D eigenvalue weighted by Crippen LogP contribution is 2.32. The van der Waals surface area contributed by atoms with Gasteiger partial charge in [0.1, 0.15) is 24.5 Å². The SMILES string of the molecule is COc1cc2cc(N)c(=O)oc2cc1OCCOc1no[n+]([O-])c1S(=O)(=O)c1ccccc1. The summed E-state index contributed by atoms with van der Waals surface area (Å²) in [4.78, 5) is 11.3. The molecule has 4 aromatic rings. The van der Waals surface area contributed by atoms with Gasteiger partial charge < -0.3 is 29.6 Å². The summed E-state index contributed by atoms with van der Waals surface area (Å²) < 4.78 is 51.3. The number of nitrogens with zero attached hydrogens (tertiary/aromatic N) is 2. The van der Waals surface area contributed by atoms with Crippen LogP contribution >= 0.6 is 0 Å². The molecule has 0 fully saturated rings. The van der Waals surface area contributed by atoms with E-state index in [1.54, 1.807) is 12.1 Å². The van der Waals surface area contributed by atoms with Crippen molar-refractivity contribution in [2.24, 2.45) is 0 Å². The molecular weight excluding hydrogens is 458 g/mol. The molecule has 172 valence electrons. The van der Waals surface area contributed by atoms with Crippen LogP contribution < -0.4 is 30.5 Å². The van der Waals surface area contributed by atoms with E-state index < -0.39 is 26.4 Å². The maximum absolute atomic E-state index is 12.8. The predicted molar refractivity (Wildman–Crippen MR) is 112 cm³/mol. The molecule has 0 amide bonds. The van der Waals surface area contributed by atoms with E-state index in [1.807, 2.05) is 0 Å². The lowest BCUT2D eigenvalue weighted by atomic mass is 10.2. The van der Waals surface area contributed by atoms with E-state index in [2.05, 4.69) is 9.79 Å². The second-order valence-corrected chi connectivity index (χ2v) is 8.45. The number of sulfone groups is 1. The van der Waals surface area contributed by atoms with Crippen LogP contribution in [-0.2, 0) is 9.84 Å². The minimum atomic E-state index is -4.23. The highest BCUT2D eigenvalue weighted by atomic mass is 32.2. The minimum absolute atomic E-state index is 0.0453. The molecule has 0 bridgehead atoms. The van der Waals surface area contributed by atoms with Crippen molar-refractivity contribution in [2.45, 2.75) is 9.92 Å². The zero-order valence-electron chi connectivity index (χ0n) is 17.1. The van der Waals surface area contributed by atoms with Gasteiger partial charge in [0, 0.05) is 11.5 Å². The van der Waals surface area contributed by atoms with Crippen LogP contribution in [0.15, 0.2) is 72.3 Å². The third-order valence-corrected chi connectivity index (χ3v) is 6.21. The molecule has 0 atom stereocenters. The fraction of sp³-hybridized carbons (Fsp3) is 0.150. The summed E-state index contributed by atoms with van der Waals surface area (Å²) in [6.45, 7) is -0.297. The van der Waals surface area contributed by atoms with E-state index in [0.717, 1.165) is 0 Å². The van der Waals surface area contributed by atoms with Crippen molar-refractivity contribution >= 4 is 26.5 Å². The van der Waals surface area contributed by atoms with Gasteiger partial charge in [-0.2, -0.15) is 0 Å². The molecule has 0 aliphatic rings. The molecule has 0 aliphatic heterocycles. The van der Waals surface area contributed by atoms with Gasteiger partial charge >= 0.3 is 16.5 Å². The largest absolute Gasteiger partial charge is 0.493 e. The van der Waals surface area contributed by atoms with Crippen LogP contribution in [0.25, 0.3) is 11.0 Å². The second kappa shape index (κ2) is 8.70. The highest BCUT2D eigenvalue weighted by molar-refractivity contribution is 7.91. The van der Waals surface area contributed by atoms with Crippen molar-refractivity contribution in [3.05, 3.63) is 64.2 Å². The number of hydrogen-bond donors (Lipinski definition) is 1. The summed E-state index contributed by atoms with van der Waals surface area (Å²) in [5, 5.41) is 15.0. The molecule has 2 N–H and O–H groups in total. The number of methoxy groups -OCH3 is 1. The van der Waals surface area contributed by atoms with Gasteiger partial charge in [0.2, 0.25) is 0 Å². The normalized spacial score (nSPS) is 11.4. The Morgan fingerprint density at radius 1 is 1.09 bits per heavy atom. The number of fused-ring (bicyclic) bond motifs is 1. The summed E-state index contributed by atoms with van der Waals surface area (Å²) >= 11 is 0. The molecule has 0 unspecified atom stereocenters. The third-order valence-electron chi connectivity index (χ3n) is 4.48. The molecule has 4 rings (SSSR count). The van der Waals surface area contributed by atoms with E-state index in [0.29, 0.717) is 11.1 Å². The summed E-state index contributed by atoms with van der Waals surface area (Å²) in [7, 11) is -2.81. The van der Waals surface area contributed by atoms with E-state index in [4.69, 9.17) is 24.4 Å². The smallest absolute Gasteiger partial charge is 0.415 e. The van der Waals surface area contributed by atoms with Gasteiger partial charge in [-0.1, -0.05) is 18.2 Å². The Balaban J connectivity index is 1.50. The lowest BCUT2D eigenvalue weighted by Crippen LogP contribution is -2.31. The molecule has 0 aliphatic carbocycles. The first kappa shape index (κ1) is 22.0. The molecule has 2 heterocycles. The van der Waals surface area contributed by atoms with E-state index in [9.17, 15) is 18.4 Å². The first-order valence-corrected chi connectivity index (χ1v) is 10.9. The molecule has 12 nitrogen and oxygen atoms in total. The van der Waals surface area contributed by atoms with Crippen LogP contribution in [0, 0.1) is 5.21 Å². The first-order chi connectivity index (χ1) is 15.8. The average Bonchev–Trinajstić information content (AvgIpc) is 3.18. The Kier molecular flexibility index (Phi) is 5.79. The third kappa shape index (κ3) is 4.25. The number of hydrogen-bond acceptors (Lipinski definition) is 11. The fourth-order valence-electron chi connectivity index (χ4n) is 2.95. The molecule has 0 saturated heterocycles. The van der Waals surface area contributed by atoms with Gasteiger partial charge in [0.15, 0.2) is 11.5 Å². The summed E-state index contributed by atoms with van der Waals surface area (Å²) in [5.41, 5.74) is 5.07. The van der Waals surface area contributed by atoms with Crippen molar-refractivity contribution in [2.75, 3.05) is 26.1 Å². The van der Waals surface area contributed by atoms with Crippen molar-refractivity contribution in [1.82, 2.24) is 5.16 Å². The number of benzene rings is 2. The molecule has 0 radical (unpaired) electrons. The topological polar surface area (TPSA) is 171 Å². The molecule has 0 spiro atoms. The number of rotatable bonds is 8. The number of nitrogen functional groups attached to an aromatic ring is 1. The van der Waals surface area contributed by atoms with E-state index in [-0.39, 0.29) is 40.0 Å². The summed E-state index contributed by atoms with van der Waals surface area (Å²) in [6, 6.07) is 11.8. The Morgan fingerprint density at radius 3 is 2.55 bits per heavy atom. The Bertz CT molecular complexity index is 1460. The van der Waals surface area contributed by atoms with Crippen molar-refractivity contribution in [3.8, 4) is 17.4 Å². The quantitative estimate of drug-likeness (QED) is 0.221. The number of anilines is 1. The van der Waals surface area contributed by atoms with Crippen molar-refractivity contribution in [1.29, 1.82) is 0 Å². The van der Waals surface area contributed by atoms with Gasteiger partial charge in [-0.25, -0.2) is 13.2 Å². The first-order valence-electron chi connectivity index (χ1n) is 9.38. The van der Waals surface area contributed by atoms with Crippen LogP contribution in [-0.4, -0.2) is 33.9 Å². The Hall–Kier alpha value is -4.26. The van der Waals surface area contributed by atoms with Crippen LogP contribution in [0.5, 0.6) is 17.4 Å². The average molecular weight is 475 g/mol. The molecule has 33 heavy (non-hydrogen) atoms. The minimum Gasteiger partial charge on any atom is -0.493 e. The van der Waals surface area contributed by atoms with Gasteiger partial charge in [0.25, 0.3) is 9.84 Å². The van der Waals surface area contributed by atoms with Gasteiger partial charge in [-0.05, 0) is 29.2 Å². The molecule has 0 saturated carbocycles. The van der Waals surface area contributed by atoms with E-state index >= 15 is 0 Å². The lowest BCUT2D eigenvalue weighted by Gasteiger charge is -2.11.